The van der Waals surface area contributed by atoms with Crippen molar-refractivity contribution in [1.82, 2.24) is 4.90 Å². The van der Waals surface area contributed by atoms with Gasteiger partial charge >= 0.3 is 0 Å². The van der Waals surface area contributed by atoms with E-state index < -0.39 is 5.60 Å². The summed E-state index contributed by atoms with van der Waals surface area (Å²) in [4.78, 5) is 2.47. The molecule has 3 rings (SSSR count). The molecular weight excluding hydrogens is 250 g/mol. The summed E-state index contributed by atoms with van der Waals surface area (Å²) >= 11 is 0. The van der Waals surface area contributed by atoms with Crippen LogP contribution in [0, 0.1) is 0 Å². The summed E-state index contributed by atoms with van der Waals surface area (Å²) in [6, 6.07) is 9.15. The van der Waals surface area contributed by atoms with E-state index in [1.54, 1.807) is 0 Å². The normalized spacial score (nSPS) is 30.9. The molecule has 20 heavy (non-hydrogen) atoms. The van der Waals surface area contributed by atoms with E-state index >= 15 is 0 Å². The monoisotopic (exact) mass is 275 g/mol. The third kappa shape index (κ3) is 2.70. The Morgan fingerprint density at radius 3 is 2.45 bits per heavy atom. The van der Waals surface area contributed by atoms with Gasteiger partial charge in [-0.1, -0.05) is 12.1 Å². The van der Waals surface area contributed by atoms with Gasteiger partial charge in [0.1, 0.15) is 11.4 Å². The molecule has 0 aromatic heterocycles. The van der Waals surface area contributed by atoms with Gasteiger partial charge in [-0.25, -0.2) is 0 Å². The van der Waals surface area contributed by atoms with Crippen molar-refractivity contribution in [3.8, 4) is 5.75 Å². The van der Waals surface area contributed by atoms with E-state index in [-0.39, 0.29) is 6.10 Å². The number of hydrogen-bond acceptors (Lipinski definition) is 3. The maximum absolute atomic E-state index is 11.0. The Kier molecular flexibility index (Phi) is 3.51. The van der Waals surface area contributed by atoms with Crippen LogP contribution in [0.4, 0.5) is 0 Å². The van der Waals surface area contributed by atoms with Crippen LogP contribution in [-0.2, 0) is 5.60 Å². The van der Waals surface area contributed by atoms with Crippen molar-refractivity contribution in [3.63, 3.8) is 0 Å². The minimum atomic E-state index is -0.696. The maximum atomic E-state index is 11.0. The maximum Gasteiger partial charge on any atom is 0.119 e. The lowest BCUT2D eigenvalue weighted by atomic mass is 9.91. The highest BCUT2D eigenvalue weighted by molar-refractivity contribution is 5.32. The van der Waals surface area contributed by atoms with Crippen LogP contribution in [-0.4, -0.2) is 34.7 Å². The average Bonchev–Trinajstić information content (AvgIpc) is 3.16. The van der Waals surface area contributed by atoms with E-state index in [0.717, 1.165) is 24.3 Å². The Morgan fingerprint density at radius 1 is 1.25 bits per heavy atom. The van der Waals surface area contributed by atoms with Crippen LogP contribution in [0.2, 0.25) is 0 Å². The number of benzene rings is 1. The molecule has 1 aliphatic carbocycles. The molecule has 0 spiro atoms. The molecule has 2 fully saturated rings. The number of β-amino-alcohol motifs (C(OH)–C–C–N with tert-alkyl or cyclic N) is 1. The van der Waals surface area contributed by atoms with Gasteiger partial charge in [-0.3, -0.25) is 4.90 Å². The lowest BCUT2D eigenvalue weighted by molar-refractivity contribution is 0.0451. The van der Waals surface area contributed by atoms with Gasteiger partial charge in [0.25, 0.3) is 0 Å². The van der Waals surface area contributed by atoms with Gasteiger partial charge in [-0.15, -0.1) is 0 Å². The molecule has 1 heterocycles. The van der Waals surface area contributed by atoms with E-state index in [4.69, 9.17) is 4.74 Å². The summed E-state index contributed by atoms with van der Waals surface area (Å²) in [5.41, 5.74) is 0.321. The van der Waals surface area contributed by atoms with Crippen LogP contribution in [0.15, 0.2) is 24.3 Å². The van der Waals surface area contributed by atoms with Crippen LogP contribution in [0.25, 0.3) is 0 Å². The Labute approximate surface area is 121 Å². The zero-order valence-corrected chi connectivity index (χ0v) is 12.7. The molecule has 1 N–H and O–H groups in total. The number of nitrogens with zero attached hydrogens (tertiary/aromatic N) is 1. The molecule has 3 heteroatoms. The lowest BCUT2D eigenvalue weighted by Gasteiger charge is -2.24. The van der Waals surface area contributed by atoms with Crippen LogP contribution in [0.5, 0.6) is 5.75 Å². The van der Waals surface area contributed by atoms with E-state index in [1.807, 2.05) is 38.1 Å². The summed E-state index contributed by atoms with van der Waals surface area (Å²) in [5.74, 6) is 0.873. The van der Waals surface area contributed by atoms with Crippen molar-refractivity contribution in [1.29, 1.82) is 0 Å². The molecule has 1 saturated carbocycles. The van der Waals surface area contributed by atoms with E-state index in [0.29, 0.717) is 12.1 Å². The number of rotatable bonds is 4. The molecule has 2 aliphatic rings. The van der Waals surface area contributed by atoms with Gasteiger partial charge in [0.15, 0.2) is 0 Å². The highest BCUT2D eigenvalue weighted by Crippen LogP contribution is 2.41. The minimum Gasteiger partial charge on any atom is -0.491 e. The average molecular weight is 275 g/mol. The van der Waals surface area contributed by atoms with Crippen molar-refractivity contribution in [2.75, 3.05) is 6.54 Å². The molecule has 1 aromatic rings. The van der Waals surface area contributed by atoms with E-state index in [2.05, 4.69) is 11.8 Å². The molecule has 2 unspecified atom stereocenters. The third-order valence-electron chi connectivity index (χ3n) is 4.42. The summed E-state index contributed by atoms with van der Waals surface area (Å²) in [6.07, 6.45) is 3.60. The molecule has 3 nitrogen and oxygen atoms in total. The number of ether oxygens (including phenoxy) is 1. The van der Waals surface area contributed by atoms with Gasteiger partial charge in [-0.05, 0) is 57.7 Å². The van der Waals surface area contributed by atoms with Crippen molar-refractivity contribution in [2.24, 2.45) is 0 Å². The Balaban J connectivity index is 1.74. The van der Waals surface area contributed by atoms with E-state index in [9.17, 15) is 5.11 Å². The van der Waals surface area contributed by atoms with Crippen molar-refractivity contribution >= 4 is 0 Å². The lowest BCUT2D eigenvalue weighted by Crippen LogP contribution is -2.33. The zero-order valence-electron chi connectivity index (χ0n) is 12.7. The standard InChI is InChI=1S/C17H25NO2/c1-12(2)20-16-8-4-14(5-9-16)17(19)10-13(3)18(11-17)15-6-7-15/h4-5,8-9,12-13,15,19H,6-7,10-11H2,1-3H3. The van der Waals surface area contributed by atoms with E-state index in [1.165, 1.54) is 12.8 Å². The first kappa shape index (κ1) is 13.9. The van der Waals surface area contributed by atoms with Crippen LogP contribution < -0.4 is 4.74 Å². The van der Waals surface area contributed by atoms with Gasteiger partial charge < -0.3 is 9.84 Å². The smallest absolute Gasteiger partial charge is 0.119 e. The SMILES string of the molecule is CC(C)Oc1ccc(C2(O)CC(C)N(C3CC3)C2)cc1. The quantitative estimate of drug-likeness (QED) is 0.917. The van der Waals surface area contributed by atoms with Crippen molar-refractivity contribution < 1.29 is 9.84 Å². The van der Waals surface area contributed by atoms with Gasteiger partial charge in [-0.2, -0.15) is 0 Å². The van der Waals surface area contributed by atoms with Gasteiger partial charge in [0.2, 0.25) is 0 Å². The summed E-state index contributed by atoms with van der Waals surface area (Å²) in [7, 11) is 0. The summed E-state index contributed by atoms with van der Waals surface area (Å²) in [5, 5.41) is 11.0. The Morgan fingerprint density at radius 2 is 1.90 bits per heavy atom. The molecular formula is C17H25NO2. The highest BCUT2D eigenvalue weighted by Gasteiger charge is 2.46. The van der Waals surface area contributed by atoms with Gasteiger partial charge in [0, 0.05) is 18.6 Å². The first-order valence-corrected chi connectivity index (χ1v) is 7.73. The second kappa shape index (κ2) is 5.05. The molecule has 0 bridgehead atoms. The Bertz CT molecular complexity index is 466. The fourth-order valence-electron chi connectivity index (χ4n) is 3.35. The minimum absolute atomic E-state index is 0.181. The molecule has 0 radical (unpaired) electrons. The van der Waals surface area contributed by atoms with Gasteiger partial charge in [0.05, 0.1) is 6.10 Å². The second-order valence-electron chi connectivity index (χ2n) is 6.68. The largest absolute Gasteiger partial charge is 0.491 e. The summed E-state index contributed by atoms with van der Waals surface area (Å²) < 4.78 is 5.66. The predicted molar refractivity (Wildman–Crippen MR) is 79.9 cm³/mol. The van der Waals surface area contributed by atoms with Crippen LogP contribution in [0.3, 0.4) is 0 Å². The fraction of sp³-hybridized carbons (Fsp3) is 0.647. The molecule has 1 saturated heterocycles. The Hall–Kier alpha value is -1.06. The molecule has 1 aromatic carbocycles. The molecule has 2 atom stereocenters. The first-order valence-electron chi connectivity index (χ1n) is 7.73. The van der Waals surface area contributed by atoms with Crippen LogP contribution >= 0.6 is 0 Å². The zero-order chi connectivity index (χ0) is 14.3. The predicted octanol–water partition coefficient (Wildman–Crippen LogP) is 2.92. The molecule has 0 amide bonds. The topological polar surface area (TPSA) is 32.7 Å². The first-order chi connectivity index (χ1) is 9.48. The number of likely N-dealkylation sites (tertiary alicyclic amines) is 1. The third-order valence-corrected chi connectivity index (χ3v) is 4.42. The van der Waals surface area contributed by atoms with Crippen LogP contribution in [0.1, 0.15) is 45.6 Å². The number of hydrogen-bond donors (Lipinski definition) is 1. The molecule has 1 aliphatic heterocycles. The summed E-state index contributed by atoms with van der Waals surface area (Å²) in [6.45, 7) is 7.04. The number of aliphatic hydroxyl groups is 1. The second-order valence-corrected chi connectivity index (χ2v) is 6.68. The van der Waals surface area contributed by atoms with Crippen molar-refractivity contribution in [3.05, 3.63) is 29.8 Å². The van der Waals surface area contributed by atoms with Crippen molar-refractivity contribution in [2.45, 2.75) is 63.8 Å². The molecule has 110 valence electrons. The highest BCUT2D eigenvalue weighted by atomic mass is 16.5. The fourth-order valence-corrected chi connectivity index (χ4v) is 3.35.